The number of allylic oxidation sites excluding steroid dienone is 1. The Morgan fingerprint density at radius 1 is 1.06 bits per heavy atom. The van der Waals surface area contributed by atoms with Gasteiger partial charge >= 0.3 is 0 Å². The molecule has 2 saturated carbocycles. The van der Waals surface area contributed by atoms with Gasteiger partial charge in [-0.25, -0.2) is 26.5 Å². The number of rotatable bonds is 5. The number of pyridine rings is 1. The van der Waals surface area contributed by atoms with Crippen LogP contribution in [0.15, 0.2) is 36.4 Å². The van der Waals surface area contributed by atoms with Gasteiger partial charge in [0.05, 0.1) is 28.8 Å². The van der Waals surface area contributed by atoms with E-state index in [2.05, 4.69) is 14.8 Å². The minimum Gasteiger partial charge on any atom is -0.483 e. The SMILES string of the molecule is Cc1nc2ccccc2c2c1O[C@]1(CC2)C[C@H]2C(=O)N[C@]3(C(=O)NS(=O)(=O)C4(C)CC4)C[C@H]3C=CCCCCC[C@H](NS(C)(=O)=O)C(=O)N2C1. The number of carbonyl (C=O) groups excluding carboxylic acids is 3. The molecule has 1 spiro atoms. The van der Waals surface area contributed by atoms with E-state index in [1.165, 1.54) is 4.90 Å². The molecule has 1 aromatic heterocycles. The summed E-state index contributed by atoms with van der Waals surface area (Å²) < 4.78 is 61.6. The lowest BCUT2D eigenvalue weighted by Crippen LogP contribution is -2.58. The topological polar surface area (TPSA) is 181 Å². The molecule has 3 aliphatic heterocycles. The van der Waals surface area contributed by atoms with E-state index in [0.29, 0.717) is 50.0 Å². The van der Waals surface area contributed by atoms with E-state index < -0.39 is 71.7 Å². The largest absolute Gasteiger partial charge is 0.483 e. The molecule has 0 bridgehead atoms. The lowest BCUT2D eigenvalue weighted by molar-refractivity contribution is -0.141. The third kappa shape index (κ3) is 6.40. The second kappa shape index (κ2) is 12.3. The standard InChI is InChI=1S/C35H45N5O8S2/c1-22-29-25(24-12-9-10-13-26(24)36-22)15-16-34(48-29)20-28-30(41)37-35(32(43)39-50(46,47)33(2)17-18-33)19-23(35)11-7-5-4-6-8-14-27(38-49(3,44)45)31(42)40(28)21-34/h7,9-13,23,27-28,38H,4-6,8,14-21H2,1-3H3,(H,37,41)(H,39,43)/t23-,27+,28+,34-,35-/m1/s1. The Balaban J connectivity index is 1.24. The van der Waals surface area contributed by atoms with Gasteiger partial charge in [0.2, 0.25) is 31.9 Å². The summed E-state index contributed by atoms with van der Waals surface area (Å²) in [6.07, 6.45) is 10.1. The number of amides is 3. The van der Waals surface area contributed by atoms with Crippen molar-refractivity contribution in [3.05, 3.63) is 47.7 Å². The number of hydrogen-bond donors (Lipinski definition) is 3. The molecule has 0 radical (unpaired) electrons. The fourth-order valence-corrected chi connectivity index (χ4v) is 9.92. The molecule has 3 fully saturated rings. The zero-order valence-electron chi connectivity index (χ0n) is 28.7. The van der Waals surface area contributed by atoms with Crippen molar-refractivity contribution in [2.45, 2.75) is 112 Å². The molecule has 50 heavy (non-hydrogen) atoms. The van der Waals surface area contributed by atoms with Crippen LogP contribution >= 0.6 is 0 Å². The second-order valence-electron chi connectivity index (χ2n) is 15.2. The summed E-state index contributed by atoms with van der Waals surface area (Å²) in [4.78, 5) is 48.8. The smallest absolute Gasteiger partial charge is 0.259 e. The highest BCUT2D eigenvalue weighted by Gasteiger charge is 2.64. The summed E-state index contributed by atoms with van der Waals surface area (Å²) in [6.45, 7) is 3.47. The van der Waals surface area contributed by atoms with E-state index >= 15 is 0 Å². The van der Waals surface area contributed by atoms with Crippen molar-refractivity contribution in [1.82, 2.24) is 24.6 Å². The summed E-state index contributed by atoms with van der Waals surface area (Å²) in [6, 6.07) is 5.59. The number of benzene rings is 1. The lowest BCUT2D eigenvalue weighted by atomic mass is 9.87. The summed E-state index contributed by atoms with van der Waals surface area (Å²) in [5.74, 6) is -1.78. The van der Waals surface area contributed by atoms with Crippen LogP contribution in [0.4, 0.5) is 0 Å². The van der Waals surface area contributed by atoms with Crippen LogP contribution in [0.5, 0.6) is 5.75 Å². The zero-order chi connectivity index (χ0) is 35.7. The molecule has 1 aromatic carbocycles. The molecule has 13 nitrogen and oxygen atoms in total. The highest BCUT2D eigenvalue weighted by Crippen LogP contribution is 2.49. The Morgan fingerprint density at radius 2 is 1.82 bits per heavy atom. The first-order valence-corrected chi connectivity index (χ1v) is 20.8. The summed E-state index contributed by atoms with van der Waals surface area (Å²) >= 11 is 0. The van der Waals surface area contributed by atoms with Crippen LogP contribution in [0.1, 0.15) is 82.4 Å². The highest BCUT2D eigenvalue weighted by atomic mass is 32.2. The second-order valence-corrected chi connectivity index (χ2v) is 19.1. The van der Waals surface area contributed by atoms with E-state index in [1.807, 2.05) is 43.3 Å². The average molecular weight is 728 g/mol. The van der Waals surface area contributed by atoms with Crippen LogP contribution in [0.2, 0.25) is 0 Å². The van der Waals surface area contributed by atoms with Crippen molar-refractivity contribution in [3.8, 4) is 5.75 Å². The number of nitrogens with zero attached hydrogens (tertiary/aromatic N) is 2. The Bertz CT molecular complexity index is 2010. The number of ether oxygens (including phenoxy) is 1. The molecule has 4 heterocycles. The summed E-state index contributed by atoms with van der Waals surface area (Å²) in [5, 5.41) is 3.87. The zero-order valence-corrected chi connectivity index (χ0v) is 30.3. The average Bonchev–Trinajstić information content (AvgIpc) is 3.94. The fourth-order valence-electron chi connectivity index (χ4n) is 7.88. The maximum atomic E-state index is 14.4. The number of aromatic nitrogens is 1. The molecule has 0 unspecified atom stereocenters. The van der Waals surface area contributed by atoms with Crippen LogP contribution in [-0.4, -0.2) is 85.2 Å². The van der Waals surface area contributed by atoms with Crippen molar-refractivity contribution in [3.63, 3.8) is 0 Å². The van der Waals surface area contributed by atoms with E-state index in [1.54, 1.807) is 6.92 Å². The highest BCUT2D eigenvalue weighted by molar-refractivity contribution is 7.91. The van der Waals surface area contributed by atoms with Gasteiger partial charge in [0.1, 0.15) is 29.0 Å². The van der Waals surface area contributed by atoms with E-state index in [0.717, 1.165) is 35.6 Å². The van der Waals surface area contributed by atoms with Crippen molar-refractivity contribution < 1.29 is 36.0 Å². The number of hydrogen-bond acceptors (Lipinski definition) is 9. The van der Waals surface area contributed by atoms with Gasteiger partial charge in [0.25, 0.3) is 5.91 Å². The molecule has 3 N–H and O–H groups in total. The molecule has 2 aromatic rings. The molecule has 1 saturated heterocycles. The Hall–Kier alpha value is -3.56. The van der Waals surface area contributed by atoms with Gasteiger partial charge in [-0.15, -0.1) is 0 Å². The molecule has 7 rings (SSSR count). The van der Waals surface area contributed by atoms with Gasteiger partial charge in [0, 0.05) is 23.3 Å². The number of aryl methyl sites for hydroxylation is 2. The van der Waals surface area contributed by atoms with Crippen molar-refractivity contribution in [2.75, 3.05) is 12.8 Å². The van der Waals surface area contributed by atoms with Gasteiger partial charge in [-0.2, -0.15) is 0 Å². The summed E-state index contributed by atoms with van der Waals surface area (Å²) in [7, 11) is -7.77. The van der Waals surface area contributed by atoms with Crippen molar-refractivity contribution in [2.24, 2.45) is 5.92 Å². The maximum absolute atomic E-state index is 14.4. The normalized spacial score (nSPS) is 31.0. The Labute approximate surface area is 293 Å². The van der Waals surface area contributed by atoms with Crippen LogP contribution in [-0.2, 0) is 40.9 Å². The van der Waals surface area contributed by atoms with Gasteiger partial charge < -0.3 is 15.0 Å². The lowest BCUT2D eigenvalue weighted by Gasteiger charge is -2.36. The quantitative estimate of drug-likeness (QED) is 0.390. The van der Waals surface area contributed by atoms with Crippen LogP contribution in [0, 0.1) is 12.8 Å². The number of nitrogens with one attached hydrogen (secondary N) is 3. The molecule has 3 amide bonds. The van der Waals surface area contributed by atoms with E-state index in [4.69, 9.17) is 9.72 Å². The van der Waals surface area contributed by atoms with E-state index in [9.17, 15) is 31.2 Å². The first-order chi connectivity index (χ1) is 23.6. The number of carbonyl (C=O) groups is 3. The first kappa shape index (κ1) is 34.9. The van der Waals surface area contributed by atoms with Gasteiger partial charge in [0.15, 0.2) is 0 Å². The molecule has 2 aliphatic carbocycles. The predicted molar refractivity (Wildman–Crippen MR) is 186 cm³/mol. The molecule has 270 valence electrons. The van der Waals surface area contributed by atoms with Gasteiger partial charge in [-0.05, 0) is 71.3 Å². The minimum atomic E-state index is -3.98. The fraction of sp³-hybridized carbons (Fsp3) is 0.600. The number of para-hydroxylation sites is 1. The summed E-state index contributed by atoms with van der Waals surface area (Å²) in [5.41, 5.74) is 0.0391. The van der Waals surface area contributed by atoms with Crippen LogP contribution < -0.4 is 19.5 Å². The predicted octanol–water partition coefficient (Wildman–Crippen LogP) is 2.52. The molecular weight excluding hydrogens is 683 g/mol. The molecule has 15 heteroatoms. The van der Waals surface area contributed by atoms with E-state index in [-0.39, 0.29) is 25.8 Å². The van der Waals surface area contributed by atoms with Gasteiger partial charge in [-0.3, -0.25) is 19.1 Å². The third-order valence-corrected chi connectivity index (χ3v) is 14.1. The monoisotopic (exact) mass is 727 g/mol. The number of fused-ring (bicyclic) bond motifs is 5. The minimum absolute atomic E-state index is 0.0207. The molecule has 5 aliphatic rings. The van der Waals surface area contributed by atoms with Crippen molar-refractivity contribution in [1.29, 1.82) is 0 Å². The number of sulfonamides is 2. The first-order valence-electron chi connectivity index (χ1n) is 17.5. The Morgan fingerprint density at radius 3 is 2.56 bits per heavy atom. The Kier molecular flexibility index (Phi) is 8.57. The molecule has 5 atom stereocenters. The van der Waals surface area contributed by atoms with Crippen molar-refractivity contribution >= 4 is 48.7 Å². The maximum Gasteiger partial charge on any atom is 0.259 e. The van der Waals surface area contributed by atoms with Crippen LogP contribution in [0.25, 0.3) is 10.9 Å². The molecular formula is C35H45N5O8S2. The van der Waals surface area contributed by atoms with Gasteiger partial charge in [-0.1, -0.05) is 43.2 Å². The third-order valence-electron chi connectivity index (χ3n) is 11.2. The van der Waals surface area contributed by atoms with Crippen LogP contribution in [0.3, 0.4) is 0 Å².